The van der Waals surface area contributed by atoms with Gasteiger partial charge in [0.1, 0.15) is 6.04 Å². The summed E-state index contributed by atoms with van der Waals surface area (Å²) in [5, 5.41) is 19.6. The summed E-state index contributed by atoms with van der Waals surface area (Å²) < 4.78 is 0. The average molecular weight is 317 g/mol. The van der Waals surface area contributed by atoms with Crippen LogP contribution in [0.5, 0.6) is 0 Å². The lowest BCUT2D eigenvalue weighted by atomic mass is 9.98. The van der Waals surface area contributed by atoms with Crippen LogP contribution in [0.2, 0.25) is 0 Å². The number of carboxylic acid groups (broad SMARTS) is 1. The number of amides is 1. The van der Waals surface area contributed by atoms with Crippen LogP contribution < -0.4 is 0 Å². The zero-order valence-corrected chi connectivity index (χ0v) is 13.5. The summed E-state index contributed by atoms with van der Waals surface area (Å²) >= 11 is 0. The normalized spacial score (nSPS) is 19.3. The van der Waals surface area contributed by atoms with Crippen LogP contribution in [0.25, 0.3) is 0 Å². The molecule has 0 aliphatic carbocycles. The molecular formula is C18H23NO4. The Labute approximate surface area is 136 Å². The highest BCUT2D eigenvalue weighted by Gasteiger charge is 2.43. The number of benzene rings is 1. The Morgan fingerprint density at radius 2 is 1.96 bits per heavy atom. The summed E-state index contributed by atoms with van der Waals surface area (Å²) in [6, 6.07) is 8.27. The summed E-state index contributed by atoms with van der Waals surface area (Å²) in [6.45, 7) is 3.67. The average Bonchev–Trinajstić information content (AvgIpc) is 2.74. The third kappa shape index (κ3) is 3.55. The van der Waals surface area contributed by atoms with Gasteiger partial charge >= 0.3 is 5.97 Å². The largest absolute Gasteiger partial charge is 0.503 e. The van der Waals surface area contributed by atoms with Gasteiger partial charge in [-0.2, -0.15) is 0 Å². The smallest absolute Gasteiger partial charge is 0.326 e. The molecule has 0 saturated heterocycles. The number of carbonyl (C=O) groups is 2. The molecule has 0 aromatic heterocycles. The van der Waals surface area contributed by atoms with E-state index in [0.717, 1.165) is 18.4 Å². The quantitative estimate of drug-likeness (QED) is 0.810. The van der Waals surface area contributed by atoms with Gasteiger partial charge in [-0.3, -0.25) is 4.79 Å². The second kappa shape index (κ2) is 7.31. The third-order valence-electron chi connectivity index (χ3n) is 4.37. The molecule has 0 bridgehead atoms. The fourth-order valence-electron chi connectivity index (χ4n) is 3.03. The van der Waals surface area contributed by atoms with E-state index in [1.165, 1.54) is 4.90 Å². The third-order valence-corrected chi connectivity index (χ3v) is 4.37. The number of hydrogen-bond acceptors (Lipinski definition) is 3. The molecule has 5 heteroatoms. The number of aliphatic carboxylic acids is 1. The number of carbonyl (C=O) groups excluding carboxylic acids is 1. The van der Waals surface area contributed by atoms with Crippen LogP contribution >= 0.6 is 0 Å². The van der Waals surface area contributed by atoms with Gasteiger partial charge < -0.3 is 15.1 Å². The van der Waals surface area contributed by atoms with Gasteiger partial charge in [0.15, 0.2) is 5.76 Å². The lowest BCUT2D eigenvalue weighted by Gasteiger charge is -2.31. The predicted octanol–water partition coefficient (Wildman–Crippen LogP) is 2.92. The van der Waals surface area contributed by atoms with Crippen LogP contribution in [0.3, 0.4) is 0 Å². The van der Waals surface area contributed by atoms with Gasteiger partial charge in [-0.15, -0.1) is 0 Å². The number of hydrogen-bond donors (Lipinski definition) is 2. The van der Waals surface area contributed by atoms with Crippen LogP contribution in [-0.2, 0) is 16.0 Å². The van der Waals surface area contributed by atoms with E-state index in [2.05, 4.69) is 0 Å². The number of unbranched alkanes of at least 4 members (excludes halogenated alkanes) is 1. The number of aliphatic hydroxyl groups is 1. The number of carboxylic acids is 1. The summed E-state index contributed by atoms with van der Waals surface area (Å²) in [5.41, 5.74) is 1.55. The Morgan fingerprint density at radius 3 is 2.52 bits per heavy atom. The Bertz CT molecular complexity index is 609. The number of nitrogens with zero attached hydrogens (tertiary/aromatic N) is 1. The molecule has 1 amide bonds. The van der Waals surface area contributed by atoms with Gasteiger partial charge in [-0.25, -0.2) is 4.79 Å². The molecule has 1 heterocycles. The summed E-state index contributed by atoms with van der Waals surface area (Å²) in [6.07, 6.45) is 2.47. The molecule has 1 aromatic carbocycles. The van der Waals surface area contributed by atoms with Crippen molar-refractivity contribution in [3.05, 3.63) is 47.2 Å². The lowest BCUT2D eigenvalue weighted by molar-refractivity contribution is -0.150. The molecule has 124 valence electrons. The number of aliphatic hydroxyl groups excluding tert-OH is 1. The van der Waals surface area contributed by atoms with Gasteiger partial charge in [0.25, 0.3) is 5.91 Å². The highest BCUT2D eigenvalue weighted by molar-refractivity contribution is 5.97. The van der Waals surface area contributed by atoms with Crippen molar-refractivity contribution in [3.63, 3.8) is 0 Å². The Hall–Kier alpha value is -2.30. The second-order valence-corrected chi connectivity index (χ2v) is 5.95. The van der Waals surface area contributed by atoms with Gasteiger partial charge in [0, 0.05) is 0 Å². The first-order valence-electron chi connectivity index (χ1n) is 7.96. The Kier molecular flexibility index (Phi) is 5.42. The van der Waals surface area contributed by atoms with E-state index in [1.807, 2.05) is 37.3 Å². The maximum atomic E-state index is 12.4. The fourth-order valence-corrected chi connectivity index (χ4v) is 3.03. The van der Waals surface area contributed by atoms with Crippen molar-refractivity contribution in [2.75, 3.05) is 0 Å². The SMILES string of the molecule is CCCCC(C(=O)O)N1C(=O)C(O)=C(C)C1Cc1ccccc1. The van der Waals surface area contributed by atoms with E-state index >= 15 is 0 Å². The standard InChI is InChI=1S/C18H23NO4/c1-3-4-10-14(18(22)23)19-15(12(2)16(20)17(19)21)11-13-8-6-5-7-9-13/h5-9,14-15,20H,3-4,10-11H2,1-2H3,(H,22,23). The van der Waals surface area contributed by atoms with Crippen molar-refractivity contribution in [1.29, 1.82) is 0 Å². The van der Waals surface area contributed by atoms with Crippen molar-refractivity contribution in [2.45, 2.75) is 51.6 Å². The van der Waals surface area contributed by atoms with Crippen molar-refractivity contribution in [2.24, 2.45) is 0 Å². The molecule has 2 unspecified atom stereocenters. The number of rotatable bonds is 7. The van der Waals surface area contributed by atoms with Crippen LogP contribution in [-0.4, -0.2) is 39.1 Å². The Morgan fingerprint density at radius 1 is 1.30 bits per heavy atom. The molecule has 0 saturated carbocycles. The van der Waals surface area contributed by atoms with E-state index in [0.29, 0.717) is 18.4 Å². The molecule has 1 aliphatic rings. The van der Waals surface area contributed by atoms with Gasteiger partial charge in [-0.1, -0.05) is 50.1 Å². The first kappa shape index (κ1) is 17.1. The topological polar surface area (TPSA) is 77.8 Å². The summed E-state index contributed by atoms with van der Waals surface area (Å²) in [7, 11) is 0. The summed E-state index contributed by atoms with van der Waals surface area (Å²) in [4.78, 5) is 25.4. The van der Waals surface area contributed by atoms with E-state index < -0.39 is 24.0 Å². The minimum absolute atomic E-state index is 0.311. The van der Waals surface area contributed by atoms with E-state index in [4.69, 9.17) is 0 Å². The molecule has 23 heavy (non-hydrogen) atoms. The van der Waals surface area contributed by atoms with E-state index in [1.54, 1.807) is 6.92 Å². The van der Waals surface area contributed by atoms with Crippen molar-refractivity contribution in [1.82, 2.24) is 4.90 Å². The van der Waals surface area contributed by atoms with Crippen molar-refractivity contribution in [3.8, 4) is 0 Å². The first-order chi connectivity index (χ1) is 11.0. The predicted molar refractivity (Wildman–Crippen MR) is 87.1 cm³/mol. The molecular weight excluding hydrogens is 294 g/mol. The van der Waals surface area contributed by atoms with E-state index in [9.17, 15) is 19.8 Å². The molecule has 2 rings (SSSR count). The molecule has 0 spiro atoms. The van der Waals surface area contributed by atoms with Crippen LogP contribution in [0, 0.1) is 0 Å². The first-order valence-corrected chi connectivity index (χ1v) is 7.96. The van der Waals surface area contributed by atoms with Crippen LogP contribution in [0.1, 0.15) is 38.7 Å². The molecule has 0 fully saturated rings. The van der Waals surface area contributed by atoms with Crippen molar-refractivity contribution >= 4 is 11.9 Å². The molecule has 5 nitrogen and oxygen atoms in total. The Balaban J connectivity index is 2.30. The fraction of sp³-hybridized carbons (Fsp3) is 0.444. The lowest BCUT2D eigenvalue weighted by Crippen LogP contribution is -2.48. The maximum Gasteiger partial charge on any atom is 0.326 e. The van der Waals surface area contributed by atoms with E-state index in [-0.39, 0.29) is 5.76 Å². The molecule has 1 aliphatic heterocycles. The molecule has 0 radical (unpaired) electrons. The van der Waals surface area contributed by atoms with Crippen LogP contribution in [0.15, 0.2) is 41.7 Å². The molecule has 2 N–H and O–H groups in total. The summed E-state index contributed by atoms with van der Waals surface area (Å²) in [5.74, 6) is -1.91. The van der Waals surface area contributed by atoms with Crippen LogP contribution in [0.4, 0.5) is 0 Å². The zero-order valence-electron chi connectivity index (χ0n) is 13.5. The molecule has 2 atom stereocenters. The minimum atomic E-state index is -1.02. The van der Waals surface area contributed by atoms with Crippen molar-refractivity contribution < 1.29 is 19.8 Å². The zero-order chi connectivity index (χ0) is 17.0. The van der Waals surface area contributed by atoms with Gasteiger partial charge in [-0.05, 0) is 30.9 Å². The highest BCUT2D eigenvalue weighted by atomic mass is 16.4. The van der Waals surface area contributed by atoms with Gasteiger partial charge in [0.2, 0.25) is 0 Å². The maximum absolute atomic E-state index is 12.4. The highest BCUT2D eigenvalue weighted by Crippen LogP contribution is 2.30. The minimum Gasteiger partial charge on any atom is -0.503 e. The molecule has 1 aromatic rings. The second-order valence-electron chi connectivity index (χ2n) is 5.95. The monoisotopic (exact) mass is 317 g/mol. The van der Waals surface area contributed by atoms with Gasteiger partial charge in [0.05, 0.1) is 6.04 Å².